The van der Waals surface area contributed by atoms with E-state index in [0.717, 1.165) is 29.2 Å². The van der Waals surface area contributed by atoms with Crippen LogP contribution in [-0.2, 0) is 6.54 Å². The Kier molecular flexibility index (Phi) is 2.46. The highest BCUT2D eigenvalue weighted by atomic mass is 35.5. The molecule has 96 valence electrons. The fourth-order valence-corrected chi connectivity index (χ4v) is 4.70. The number of hydrogen-bond acceptors (Lipinski definition) is 1. The second kappa shape index (κ2) is 3.94. The van der Waals surface area contributed by atoms with Crippen molar-refractivity contribution in [1.82, 2.24) is 5.32 Å². The van der Waals surface area contributed by atoms with Crippen LogP contribution in [0, 0.1) is 29.5 Å². The molecular weight excluding hydrogens is 249 g/mol. The molecule has 3 aliphatic carbocycles. The third-order valence-corrected chi connectivity index (χ3v) is 5.72. The zero-order chi connectivity index (χ0) is 12.3. The molecule has 4 unspecified atom stereocenters. The Labute approximate surface area is 112 Å². The van der Waals surface area contributed by atoms with Crippen LogP contribution >= 0.6 is 11.6 Å². The minimum absolute atomic E-state index is 0.277. The van der Waals surface area contributed by atoms with Gasteiger partial charge in [-0.05, 0) is 54.6 Å². The van der Waals surface area contributed by atoms with Crippen LogP contribution in [0.15, 0.2) is 18.2 Å². The van der Waals surface area contributed by atoms with E-state index in [-0.39, 0.29) is 10.8 Å². The second-order valence-electron chi connectivity index (χ2n) is 6.11. The zero-order valence-electron chi connectivity index (χ0n) is 10.2. The summed E-state index contributed by atoms with van der Waals surface area (Å²) >= 11 is 5.97. The Morgan fingerprint density at radius 3 is 2.67 bits per heavy atom. The lowest BCUT2D eigenvalue weighted by Gasteiger charge is -2.11. The smallest absolute Gasteiger partial charge is 0.142 e. The van der Waals surface area contributed by atoms with Gasteiger partial charge in [0, 0.05) is 12.6 Å². The maximum Gasteiger partial charge on any atom is 0.142 e. The standard InChI is InChI=1S/C15H17ClFN/c16-14-10(2-1-3-11(14)17)7-18-15-12-8-4-5-9(6-8)13(12)15/h1-3,8-9,12-13,15,18H,4-7H2. The van der Waals surface area contributed by atoms with Gasteiger partial charge >= 0.3 is 0 Å². The Bertz CT molecular complexity index is 473. The van der Waals surface area contributed by atoms with Crippen LogP contribution in [0.5, 0.6) is 0 Å². The molecule has 3 fully saturated rings. The van der Waals surface area contributed by atoms with Crippen LogP contribution < -0.4 is 5.32 Å². The van der Waals surface area contributed by atoms with Gasteiger partial charge in [-0.1, -0.05) is 23.7 Å². The van der Waals surface area contributed by atoms with Crippen LogP contribution in [0.2, 0.25) is 5.02 Å². The molecule has 1 nitrogen and oxygen atoms in total. The molecule has 1 aromatic rings. The van der Waals surface area contributed by atoms with E-state index in [1.54, 1.807) is 6.07 Å². The molecule has 18 heavy (non-hydrogen) atoms. The first-order chi connectivity index (χ1) is 8.75. The molecule has 0 spiro atoms. The van der Waals surface area contributed by atoms with Crippen molar-refractivity contribution in [3.8, 4) is 0 Å². The van der Waals surface area contributed by atoms with Gasteiger partial charge in [0.15, 0.2) is 0 Å². The first kappa shape index (κ1) is 11.2. The number of halogens is 2. The highest BCUT2D eigenvalue weighted by Crippen LogP contribution is 2.65. The van der Waals surface area contributed by atoms with E-state index in [1.807, 2.05) is 6.07 Å². The molecule has 1 aromatic carbocycles. The van der Waals surface area contributed by atoms with Crippen molar-refractivity contribution in [2.45, 2.75) is 31.8 Å². The lowest BCUT2D eigenvalue weighted by molar-refractivity contribution is 0.456. The molecule has 0 aliphatic heterocycles. The quantitative estimate of drug-likeness (QED) is 0.880. The van der Waals surface area contributed by atoms with E-state index in [4.69, 9.17) is 11.6 Å². The topological polar surface area (TPSA) is 12.0 Å². The monoisotopic (exact) mass is 265 g/mol. The molecule has 0 radical (unpaired) electrons. The molecule has 2 bridgehead atoms. The number of hydrogen-bond donors (Lipinski definition) is 1. The highest BCUT2D eigenvalue weighted by molar-refractivity contribution is 6.31. The van der Waals surface area contributed by atoms with Crippen LogP contribution in [0.25, 0.3) is 0 Å². The second-order valence-corrected chi connectivity index (χ2v) is 6.49. The number of rotatable bonds is 3. The summed E-state index contributed by atoms with van der Waals surface area (Å²) in [7, 11) is 0. The van der Waals surface area contributed by atoms with Gasteiger partial charge in [0.05, 0.1) is 5.02 Å². The van der Waals surface area contributed by atoms with Crippen LogP contribution in [0.1, 0.15) is 24.8 Å². The van der Waals surface area contributed by atoms with Gasteiger partial charge in [-0.3, -0.25) is 0 Å². The molecule has 4 rings (SSSR count). The molecule has 3 aliphatic rings. The van der Waals surface area contributed by atoms with E-state index in [1.165, 1.54) is 25.3 Å². The van der Waals surface area contributed by atoms with Crippen molar-refractivity contribution < 1.29 is 4.39 Å². The predicted octanol–water partition coefficient (Wildman–Crippen LogP) is 3.61. The lowest BCUT2D eigenvalue weighted by Crippen LogP contribution is -2.22. The molecule has 0 saturated heterocycles. The third kappa shape index (κ3) is 1.55. The Morgan fingerprint density at radius 1 is 1.22 bits per heavy atom. The summed E-state index contributed by atoms with van der Waals surface area (Å²) in [5.41, 5.74) is 0.883. The molecule has 3 saturated carbocycles. The summed E-state index contributed by atoms with van der Waals surface area (Å²) in [6.07, 6.45) is 4.34. The highest BCUT2D eigenvalue weighted by Gasteiger charge is 2.64. The fourth-order valence-electron chi connectivity index (χ4n) is 4.51. The molecule has 3 heteroatoms. The van der Waals surface area contributed by atoms with Crippen molar-refractivity contribution >= 4 is 11.6 Å². The van der Waals surface area contributed by atoms with Crippen molar-refractivity contribution in [2.24, 2.45) is 23.7 Å². The summed E-state index contributed by atoms with van der Waals surface area (Å²) in [6, 6.07) is 5.73. The zero-order valence-corrected chi connectivity index (χ0v) is 11.0. The average Bonchev–Trinajstić information content (AvgIpc) is 2.77. The molecule has 4 atom stereocenters. The van der Waals surface area contributed by atoms with Crippen LogP contribution in [0.3, 0.4) is 0 Å². The van der Waals surface area contributed by atoms with Gasteiger partial charge in [-0.2, -0.15) is 0 Å². The number of nitrogens with one attached hydrogen (secondary N) is 1. The maximum atomic E-state index is 13.3. The number of fused-ring (bicyclic) bond motifs is 5. The van der Waals surface area contributed by atoms with Gasteiger partial charge in [0.2, 0.25) is 0 Å². The largest absolute Gasteiger partial charge is 0.309 e. The molecule has 0 amide bonds. The first-order valence-corrected chi connectivity index (χ1v) is 7.30. The van der Waals surface area contributed by atoms with Gasteiger partial charge < -0.3 is 5.32 Å². The van der Waals surface area contributed by atoms with E-state index < -0.39 is 0 Å². The SMILES string of the molecule is Fc1cccc(CNC2C3C4CCC(C4)C23)c1Cl. The normalized spacial score (nSPS) is 40.0. The first-order valence-electron chi connectivity index (χ1n) is 6.92. The molecular formula is C15H17ClFN. The summed E-state index contributed by atoms with van der Waals surface area (Å²) in [4.78, 5) is 0. The number of benzene rings is 1. The minimum atomic E-state index is -0.313. The van der Waals surface area contributed by atoms with E-state index in [2.05, 4.69) is 5.32 Å². The van der Waals surface area contributed by atoms with E-state index >= 15 is 0 Å². The lowest BCUT2D eigenvalue weighted by atomic mass is 10.0. The van der Waals surface area contributed by atoms with Crippen molar-refractivity contribution in [3.05, 3.63) is 34.6 Å². The molecule has 0 aromatic heterocycles. The summed E-state index contributed by atoms with van der Waals surface area (Å²) in [5, 5.41) is 3.87. The van der Waals surface area contributed by atoms with Crippen molar-refractivity contribution in [3.63, 3.8) is 0 Å². The fraction of sp³-hybridized carbons (Fsp3) is 0.600. The Hall–Kier alpha value is -0.600. The van der Waals surface area contributed by atoms with Crippen LogP contribution in [0.4, 0.5) is 4.39 Å². The van der Waals surface area contributed by atoms with Gasteiger partial charge in [-0.25, -0.2) is 4.39 Å². The maximum absolute atomic E-state index is 13.3. The van der Waals surface area contributed by atoms with Crippen molar-refractivity contribution in [1.29, 1.82) is 0 Å². The Morgan fingerprint density at radius 2 is 1.94 bits per heavy atom. The van der Waals surface area contributed by atoms with Gasteiger partial charge in [0.25, 0.3) is 0 Å². The van der Waals surface area contributed by atoms with Gasteiger partial charge in [0.1, 0.15) is 5.82 Å². The average molecular weight is 266 g/mol. The summed E-state index contributed by atoms with van der Waals surface area (Å²) < 4.78 is 13.3. The Balaban J connectivity index is 1.42. The predicted molar refractivity (Wildman–Crippen MR) is 69.8 cm³/mol. The molecule has 1 N–H and O–H groups in total. The molecule has 0 heterocycles. The van der Waals surface area contributed by atoms with E-state index in [9.17, 15) is 4.39 Å². The summed E-state index contributed by atoms with van der Waals surface area (Å²) in [6.45, 7) is 0.702. The van der Waals surface area contributed by atoms with E-state index in [0.29, 0.717) is 12.6 Å². The minimum Gasteiger partial charge on any atom is -0.309 e. The summed E-state index contributed by atoms with van der Waals surface area (Å²) in [5.74, 6) is 3.46. The van der Waals surface area contributed by atoms with Crippen molar-refractivity contribution in [2.75, 3.05) is 0 Å². The third-order valence-electron chi connectivity index (χ3n) is 5.30. The van der Waals surface area contributed by atoms with Gasteiger partial charge in [-0.15, -0.1) is 0 Å². The van der Waals surface area contributed by atoms with Crippen LogP contribution in [-0.4, -0.2) is 6.04 Å².